The van der Waals surface area contributed by atoms with Crippen LogP contribution in [-0.4, -0.2) is 36.2 Å². The molecule has 0 fully saturated rings. The van der Waals surface area contributed by atoms with E-state index in [0.717, 1.165) is 10.4 Å². The van der Waals surface area contributed by atoms with Crippen LogP contribution in [0.2, 0.25) is 0 Å². The molecule has 150 valence electrons. The quantitative estimate of drug-likeness (QED) is 0.588. The third kappa shape index (κ3) is 5.08. The van der Waals surface area contributed by atoms with Gasteiger partial charge in [0.25, 0.3) is 5.91 Å². The monoisotopic (exact) mass is 414 g/mol. The van der Waals surface area contributed by atoms with Gasteiger partial charge in [0.2, 0.25) is 5.76 Å². The molecule has 2 heterocycles. The van der Waals surface area contributed by atoms with E-state index in [0.29, 0.717) is 10.7 Å². The molecular weight excluding hydrogens is 396 g/mol. The molecule has 2 aromatic heterocycles. The second-order valence-electron chi connectivity index (χ2n) is 5.90. The largest absolute Gasteiger partial charge is 0.462 e. The topological polar surface area (TPSA) is 108 Å². The number of aryl methyl sites for hydroxylation is 1. The molecule has 1 amide bonds. The number of esters is 2. The maximum absolute atomic E-state index is 12.3. The minimum Gasteiger partial charge on any atom is -0.462 e. The maximum atomic E-state index is 12.3. The van der Waals surface area contributed by atoms with Crippen LogP contribution in [0.4, 0.5) is 5.00 Å². The summed E-state index contributed by atoms with van der Waals surface area (Å²) < 4.78 is 14.8. The molecular formula is C20H18N2O6S. The fourth-order valence-corrected chi connectivity index (χ4v) is 3.48. The first-order valence-corrected chi connectivity index (χ1v) is 9.56. The highest BCUT2D eigenvalue weighted by Crippen LogP contribution is 2.35. The van der Waals surface area contributed by atoms with E-state index in [1.54, 1.807) is 19.9 Å². The lowest BCUT2D eigenvalue weighted by Crippen LogP contribution is -2.21. The summed E-state index contributed by atoms with van der Waals surface area (Å²) in [7, 11) is 0. The zero-order valence-corrected chi connectivity index (χ0v) is 16.6. The van der Waals surface area contributed by atoms with Crippen LogP contribution in [0.3, 0.4) is 0 Å². The molecule has 0 aliphatic rings. The minimum atomic E-state index is -0.803. The van der Waals surface area contributed by atoms with Crippen molar-refractivity contribution in [1.82, 2.24) is 5.16 Å². The molecule has 0 spiro atoms. The predicted molar refractivity (Wildman–Crippen MR) is 106 cm³/mol. The SMILES string of the molecule is CCOC(=O)c1cc(-c2ccccc2)sc1NC(=O)COC(=O)c1cc(C)no1. The lowest BCUT2D eigenvalue weighted by molar-refractivity contribution is -0.119. The molecule has 0 atom stereocenters. The van der Waals surface area contributed by atoms with Crippen molar-refractivity contribution in [3.8, 4) is 10.4 Å². The third-order valence-electron chi connectivity index (χ3n) is 3.70. The van der Waals surface area contributed by atoms with E-state index in [9.17, 15) is 14.4 Å². The number of aromatic nitrogens is 1. The second-order valence-corrected chi connectivity index (χ2v) is 6.95. The Balaban J connectivity index is 1.72. The number of rotatable bonds is 7. The smallest absolute Gasteiger partial charge is 0.377 e. The van der Waals surface area contributed by atoms with E-state index in [4.69, 9.17) is 14.0 Å². The van der Waals surface area contributed by atoms with E-state index < -0.39 is 24.5 Å². The molecule has 3 rings (SSSR count). The van der Waals surface area contributed by atoms with Gasteiger partial charge in [0.05, 0.1) is 17.9 Å². The van der Waals surface area contributed by atoms with Gasteiger partial charge in [0, 0.05) is 10.9 Å². The van der Waals surface area contributed by atoms with Gasteiger partial charge in [-0.15, -0.1) is 11.3 Å². The molecule has 3 aromatic rings. The maximum Gasteiger partial charge on any atom is 0.377 e. The average molecular weight is 414 g/mol. The van der Waals surface area contributed by atoms with Crippen LogP contribution in [0.25, 0.3) is 10.4 Å². The number of ether oxygens (including phenoxy) is 2. The number of hydrogen-bond donors (Lipinski definition) is 1. The van der Waals surface area contributed by atoms with Crippen molar-refractivity contribution in [1.29, 1.82) is 0 Å². The summed E-state index contributed by atoms with van der Waals surface area (Å²) in [6, 6.07) is 12.5. The van der Waals surface area contributed by atoms with Gasteiger partial charge in [0.15, 0.2) is 6.61 Å². The summed E-state index contributed by atoms with van der Waals surface area (Å²) in [5.41, 5.74) is 1.66. The van der Waals surface area contributed by atoms with Crippen LogP contribution >= 0.6 is 11.3 Å². The van der Waals surface area contributed by atoms with E-state index in [-0.39, 0.29) is 17.9 Å². The normalized spacial score (nSPS) is 10.4. The summed E-state index contributed by atoms with van der Waals surface area (Å²) in [6.45, 7) is 3.02. The van der Waals surface area contributed by atoms with Crippen molar-refractivity contribution in [2.45, 2.75) is 13.8 Å². The number of nitrogens with zero attached hydrogens (tertiary/aromatic N) is 1. The van der Waals surface area contributed by atoms with Gasteiger partial charge in [-0.1, -0.05) is 35.5 Å². The zero-order valence-electron chi connectivity index (χ0n) is 15.8. The Morgan fingerprint density at radius 2 is 1.86 bits per heavy atom. The summed E-state index contributed by atoms with van der Waals surface area (Å²) in [5, 5.41) is 6.51. The van der Waals surface area contributed by atoms with Gasteiger partial charge in [-0.3, -0.25) is 4.79 Å². The first-order chi connectivity index (χ1) is 14.0. The zero-order chi connectivity index (χ0) is 20.8. The van der Waals surface area contributed by atoms with E-state index in [1.165, 1.54) is 17.4 Å². The van der Waals surface area contributed by atoms with Gasteiger partial charge in [-0.05, 0) is 25.5 Å². The number of nitrogens with one attached hydrogen (secondary N) is 1. The molecule has 0 bridgehead atoms. The molecule has 9 heteroatoms. The van der Waals surface area contributed by atoms with Crippen molar-refractivity contribution >= 4 is 34.2 Å². The molecule has 29 heavy (non-hydrogen) atoms. The molecule has 0 aliphatic heterocycles. The number of benzene rings is 1. The van der Waals surface area contributed by atoms with Crippen molar-refractivity contribution in [2.75, 3.05) is 18.5 Å². The van der Waals surface area contributed by atoms with Crippen LogP contribution in [0.5, 0.6) is 0 Å². The van der Waals surface area contributed by atoms with Crippen LogP contribution in [0.1, 0.15) is 33.5 Å². The van der Waals surface area contributed by atoms with Gasteiger partial charge in [0.1, 0.15) is 5.00 Å². The highest BCUT2D eigenvalue weighted by Gasteiger charge is 2.21. The Labute approximate surface area is 170 Å². The molecule has 8 nitrogen and oxygen atoms in total. The molecule has 0 unspecified atom stereocenters. The summed E-state index contributed by atoms with van der Waals surface area (Å²) in [6.07, 6.45) is 0. The Kier molecular flexibility index (Phi) is 6.40. The Morgan fingerprint density at radius 1 is 1.10 bits per heavy atom. The lowest BCUT2D eigenvalue weighted by Gasteiger charge is -2.06. The number of carbonyl (C=O) groups excluding carboxylic acids is 3. The predicted octanol–water partition coefficient (Wildman–Crippen LogP) is 3.68. The average Bonchev–Trinajstić information content (AvgIpc) is 3.33. The third-order valence-corrected chi connectivity index (χ3v) is 4.80. The molecule has 0 radical (unpaired) electrons. The molecule has 0 aliphatic carbocycles. The van der Waals surface area contributed by atoms with Crippen molar-refractivity contribution in [2.24, 2.45) is 0 Å². The van der Waals surface area contributed by atoms with E-state index in [1.807, 2.05) is 30.3 Å². The molecule has 0 saturated heterocycles. The van der Waals surface area contributed by atoms with Gasteiger partial charge in [-0.2, -0.15) is 0 Å². The van der Waals surface area contributed by atoms with E-state index >= 15 is 0 Å². The fourth-order valence-electron chi connectivity index (χ4n) is 2.41. The number of amides is 1. The molecule has 1 aromatic carbocycles. The first-order valence-electron chi connectivity index (χ1n) is 8.74. The second kappa shape index (κ2) is 9.16. The molecule has 0 saturated carbocycles. The lowest BCUT2D eigenvalue weighted by atomic mass is 10.1. The number of carbonyl (C=O) groups is 3. The van der Waals surface area contributed by atoms with Crippen LogP contribution in [0.15, 0.2) is 47.0 Å². The summed E-state index contributed by atoms with van der Waals surface area (Å²) in [4.78, 5) is 37.2. The Hall–Kier alpha value is -3.46. The van der Waals surface area contributed by atoms with Crippen molar-refractivity contribution in [3.05, 3.63) is 59.5 Å². The fraction of sp³-hybridized carbons (Fsp3) is 0.200. The van der Waals surface area contributed by atoms with Crippen LogP contribution in [-0.2, 0) is 14.3 Å². The highest BCUT2D eigenvalue weighted by atomic mass is 32.1. The summed E-state index contributed by atoms with van der Waals surface area (Å²) >= 11 is 1.23. The van der Waals surface area contributed by atoms with Gasteiger partial charge >= 0.3 is 11.9 Å². The van der Waals surface area contributed by atoms with Crippen LogP contribution < -0.4 is 5.32 Å². The Bertz CT molecular complexity index is 1020. The van der Waals surface area contributed by atoms with E-state index in [2.05, 4.69) is 10.5 Å². The van der Waals surface area contributed by atoms with Gasteiger partial charge in [-0.25, -0.2) is 9.59 Å². The van der Waals surface area contributed by atoms with Crippen molar-refractivity contribution in [3.63, 3.8) is 0 Å². The number of hydrogen-bond acceptors (Lipinski definition) is 8. The molecule has 1 N–H and O–H groups in total. The van der Waals surface area contributed by atoms with Crippen LogP contribution in [0, 0.1) is 6.92 Å². The standard InChI is InChI=1S/C20H18N2O6S/c1-3-26-19(24)14-10-16(13-7-5-4-6-8-13)29-18(14)21-17(23)11-27-20(25)15-9-12(2)22-28-15/h4-10H,3,11H2,1-2H3,(H,21,23). The number of anilines is 1. The number of thiophene rings is 1. The Morgan fingerprint density at radius 3 is 2.52 bits per heavy atom. The first kappa shape index (κ1) is 20.3. The highest BCUT2D eigenvalue weighted by molar-refractivity contribution is 7.20. The van der Waals surface area contributed by atoms with Gasteiger partial charge < -0.3 is 19.3 Å². The minimum absolute atomic E-state index is 0.0926. The summed E-state index contributed by atoms with van der Waals surface area (Å²) in [5.74, 6) is -2.04. The van der Waals surface area contributed by atoms with Crippen molar-refractivity contribution < 1.29 is 28.4 Å².